The molecule has 0 aromatic rings. The first-order valence-electron chi connectivity index (χ1n) is 22.8. The third-order valence-electron chi connectivity index (χ3n) is 9.96. The molecule has 0 amide bonds. The molecule has 3 N–H and O–H groups in total. The molecule has 0 aromatic heterocycles. The van der Waals surface area contributed by atoms with Gasteiger partial charge in [-0.2, -0.15) is 0 Å². The van der Waals surface area contributed by atoms with E-state index in [1.54, 1.807) is 12.2 Å². The highest BCUT2D eigenvalue weighted by Gasteiger charge is 2.27. The van der Waals surface area contributed by atoms with Crippen molar-refractivity contribution >= 4 is 19.8 Å². The Morgan fingerprint density at radius 3 is 1.43 bits per heavy atom. The molecule has 0 heterocycles. The summed E-state index contributed by atoms with van der Waals surface area (Å²) in [5, 5.41) is 18.3. The summed E-state index contributed by atoms with van der Waals surface area (Å²) in [6.07, 6.45) is 42.0. The van der Waals surface area contributed by atoms with Crippen molar-refractivity contribution in [1.29, 1.82) is 0 Å². The molecule has 0 aliphatic carbocycles. The van der Waals surface area contributed by atoms with Gasteiger partial charge in [-0.05, 0) is 19.3 Å². The fourth-order valence-electron chi connectivity index (χ4n) is 6.44. The number of allylic oxidation sites excluding steroid dienone is 3. The molecule has 0 saturated heterocycles. The van der Waals surface area contributed by atoms with E-state index in [1.807, 2.05) is 6.08 Å². The number of rotatable bonds is 43. The van der Waals surface area contributed by atoms with Crippen LogP contribution in [-0.2, 0) is 32.7 Å². The first kappa shape index (κ1) is 54.5. The van der Waals surface area contributed by atoms with Crippen LogP contribution in [0.1, 0.15) is 213 Å². The molecule has 10 nitrogen and oxygen atoms in total. The first-order valence-corrected chi connectivity index (χ1v) is 24.3. The van der Waals surface area contributed by atoms with E-state index in [1.165, 1.54) is 160 Å². The maximum Gasteiger partial charge on any atom is 0.472 e. The highest BCUT2D eigenvalue weighted by molar-refractivity contribution is 7.47. The van der Waals surface area contributed by atoms with Gasteiger partial charge in [0.05, 0.1) is 19.8 Å². The fraction of sp³-hybridized carbons (Fsp3) is 0.867. The van der Waals surface area contributed by atoms with Crippen LogP contribution in [0.3, 0.4) is 0 Å². The van der Waals surface area contributed by atoms with Crippen molar-refractivity contribution in [1.82, 2.24) is 0 Å². The third-order valence-corrected chi connectivity index (χ3v) is 10.9. The molecule has 0 aromatic carbocycles. The second-order valence-electron chi connectivity index (χ2n) is 15.5. The van der Waals surface area contributed by atoms with Crippen LogP contribution in [0.25, 0.3) is 0 Å². The molecule has 1 unspecified atom stereocenters. The smallest absolute Gasteiger partial charge is 0.458 e. The van der Waals surface area contributed by atoms with E-state index in [-0.39, 0.29) is 13.0 Å². The zero-order chi connectivity index (χ0) is 41.2. The molecule has 330 valence electrons. The zero-order valence-corrected chi connectivity index (χ0v) is 36.8. The van der Waals surface area contributed by atoms with Gasteiger partial charge in [0.2, 0.25) is 0 Å². The molecule has 0 rings (SSSR count). The third kappa shape index (κ3) is 40.6. The summed E-state index contributed by atoms with van der Waals surface area (Å²) in [7, 11) is -4.63. The monoisotopic (exact) mass is 817 g/mol. The van der Waals surface area contributed by atoms with E-state index >= 15 is 0 Å². The van der Waals surface area contributed by atoms with E-state index < -0.39 is 51.8 Å². The number of esters is 2. The van der Waals surface area contributed by atoms with E-state index in [0.717, 1.165) is 32.1 Å². The molecular weight excluding hydrogens is 731 g/mol. The van der Waals surface area contributed by atoms with Crippen LogP contribution < -0.4 is 0 Å². The van der Waals surface area contributed by atoms with E-state index in [2.05, 4.69) is 18.4 Å². The standard InChI is InChI=1S/C45H85O10P/c1-3-5-7-9-11-13-15-17-19-20-21-23-25-27-29-31-33-35-37-45(49)55-43(41-54-56(50,51)53-39-42(47)38-46)40-52-44(48)36-34-32-30-28-26-24-22-18-16-14-12-10-8-6-4-2/h30,32,34,36,42-43,46-47H,3-29,31,33,35,37-41H2,1-2H3,(H,50,51)/b32-30+,36-34+/t42-,43+/m0/s1. The van der Waals surface area contributed by atoms with Crippen LogP contribution in [0.2, 0.25) is 0 Å². The summed E-state index contributed by atoms with van der Waals surface area (Å²) in [4.78, 5) is 34.9. The predicted octanol–water partition coefficient (Wildman–Crippen LogP) is 12.2. The Labute approximate surface area is 342 Å². The first-order chi connectivity index (χ1) is 27.2. The number of carbonyl (C=O) groups is 2. The molecule has 0 saturated carbocycles. The topological polar surface area (TPSA) is 149 Å². The number of hydrogen-bond donors (Lipinski definition) is 3. The van der Waals surface area contributed by atoms with Gasteiger partial charge in [0.15, 0.2) is 6.10 Å². The molecule has 0 radical (unpaired) electrons. The lowest BCUT2D eigenvalue weighted by molar-refractivity contribution is -0.159. The van der Waals surface area contributed by atoms with Crippen molar-refractivity contribution in [3.63, 3.8) is 0 Å². The van der Waals surface area contributed by atoms with Crippen LogP contribution in [0.15, 0.2) is 24.3 Å². The maximum absolute atomic E-state index is 12.6. The number of hydrogen-bond acceptors (Lipinski definition) is 9. The maximum atomic E-state index is 12.6. The Bertz CT molecular complexity index is 988. The molecule has 0 spiro atoms. The average molecular weight is 817 g/mol. The summed E-state index contributed by atoms with van der Waals surface area (Å²) < 4.78 is 32.6. The number of carbonyl (C=O) groups excluding carboxylic acids is 2. The lowest BCUT2D eigenvalue weighted by Crippen LogP contribution is -2.29. The fourth-order valence-corrected chi connectivity index (χ4v) is 7.23. The second-order valence-corrected chi connectivity index (χ2v) is 17.0. The van der Waals surface area contributed by atoms with Crippen LogP contribution in [-0.4, -0.2) is 65.7 Å². The van der Waals surface area contributed by atoms with Crippen molar-refractivity contribution in [2.75, 3.05) is 26.4 Å². The van der Waals surface area contributed by atoms with Gasteiger partial charge < -0.3 is 24.6 Å². The van der Waals surface area contributed by atoms with Crippen molar-refractivity contribution in [2.45, 2.75) is 225 Å². The molecule has 0 aliphatic heterocycles. The minimum atomic E-state index is -4.63. The second kappa shape index (κ2) is 41.6. The Kier molecular flexibility index (Phi) is 40.5. The molecule has 0 fully saturated rings. The zero-order valence-electron chi connectivity index (χ0n) is 35.9. The van der Waals surface area contributed by atoms with Gasteiger partial charge in [0, 0.05) is 12.5 Å². The summed E-state index contributed by atoms with van der Waals surface area (Å²) in [5.74, 6) is -1.17. The number of ether oxygens (including phenoxy) is 2. The number of phosphoric ester groups is 1. The van der Waals surface area contributed by atoms with E-state index in [0.29, 0.717) is 6.42 Å². The van der Waals surface area contributed by atoms with Crippen molar-refractivity contribution < 1.29 is 47.8 Å². The summed E-state index contributed by atoms with van der Waals surface area (Å²) in [6.45, 7) is 2.28. The summed E-state index contributed by atoms with van der Waals surface area (Å²) in [5.41, 5.74) is 0. The van der Waals surface area contributed by atoms with Gasteiger partial charge in [0.25, 0.3) is 0 Å². The molecule has 0 aliphatic rings. The Morgan fingerprint density at radius 2 is 0.982 bits per heavy atom. The quantitative estimate of drug-likeness (QED) is 0.0178. The normalized spacial score (nSPS) is 14.0. The van der Waals surface area contributed by atoms with Crippen LogP contribution in [0, 0.1) is 0 Å². The van der Waals surface area contributed by atoms with Crippen LogP contribution in [0.5, 0.6) is 0 Å². The summed E-state index contributed by atoms with van der Waals surface area (Å²) in [6, 6.07) is 0. The number of aliphatic hydroxyl groups excluding tert-OH is 2. The van der Waals surface area contributed by atoms with Gasteiger partial charge in [-0.25, -0.2) is 9.36 Å². The van der Waals surface area contributed by atoms with Crippen molar-refractivity contribution in [3.05, 3.63) is 24.3 Å². The number of unbranched alkanes of at least 4 members (excludes halogenated alkanes) is 28. The minimum Gasteiger partial charge on any atom is -0.458 e. The van der Waals surface area contributed by atoms with Crippen LogP contribution in [0.4, 0.5) is 0 Å². The molecule has 0 bridgehead atoms. The average Bonchev–Trinajstić information content (AvgIpc) is 3.19. The Balaban J connectivity index is 4.32. The SMILES string of the molecule is CCCCCCCCCCCCC/C=C/C=C/C(=O)OC[C@H](COP(=O)(O)OC[C@@H](O)CO)OC(=O)CCCCCCCCCCCCCCCCCCCC. The predicted molar refractivity (Wildman–Crippen MR) is 228 cm³/mol. The lowest BCUT2D eigenvalue weighted by Gasteiger charge is -2.20. The largest absolute Gasteiger partial charge is 0.472 e. The Hall–Kier alpha value is -1.55. The van der Waals surface area contributed by atoms with E-state index in [9.17, 15) is 24.2 Å². The molecule has 11 heteroatoms. The minimum absolute atomic E-state index is 0.170. The van der Waals surface area contributed by atoms with Crippen LogP contribution >= 0.6 is 7.82 Å². The van der Waals surface area contributed by atoms with Crippen molar-refractivity contribution in [2.24, 2.45) is 0 Å². The summed E-state index contributed by atoms with van der Waals surface area (Å²) >= 11 is 0. The van der Waals surface area contributed by atoms with Gasteiger partial charge in [0.1, 0.15) is 12.7 Å². The highest BCUT2D eigenvalue weighted by Crippen LogP contribution is 2.43. The number of phosphoric acid groups is 1. The number of aliphatic hydroxyl groups is 2. The van der Waals surface area contributed by atoms with E-state index in [4.69, 9.17) is 19.1 Å². The molecule has 3 atom stereocenters. The van der Waals surface area contributed by atoms with Gasteiger partial charge >= 0.3 is 19.8 Å². The van der Waals surface area contributed by atoms with Gasteiger partial charge in [-0.3, -0.25) is 13.8 Å². The van der Waals surface area contributed by atoms with Gasteiger partial charge in [-0.1, -0.05) is 205 Å². The lowest BCUT2D eigenvalue weighted by atomic mass is 10.0. The van der Waals surface area contributed by atoms with Crippen molar-refractivity contribution in [3.8, 4) is 0 Å². The van der Waals surface area contributed by atoms with Gasteiger partial charge in [-0.15, -0.1) is 0 Å². The molecule has 56 heavy (non-hydrogen) atoms. The Morgan fingerprint density at radius 1 is 0.571 bits per heavy atom. The highest BCUT2D eigenvalue weighted by atomic mass is 31.2. The molecular formula is C45H85O10P.